The summed E-state index contributed by atoms with van der Waals surface area (Å²) in [7, 11) is 0. The minimum Gasteiger partial charge on any atom is -0.248 e. The van der Waals surface area contributed by atoms with Gasteiger partial charge in [0, 0.05) is 5.02 Å². The molecule has 3 nitrogen and oxygen atoms in total. The van der Waals surface area contributed by atoms with E-state index in [-0.39, 0.29) is 5.38 Å². The van der Waals surface area contributed by atoms with Crippen molar-refractivity contribution in [1.82, 2.24) is 15.0 Å². The lowest BCUT2D eigenvalue weighted by Gasteiger charge is -2.00. The van der Waals surface area contributed by atoms with Crippen LogP contribution >= 0.6 is 23.2 Å². The highest BCUT2D eigenvalue weighted by Crippen LogP contribution is 2.16. The van der Waals surface area contributed by atoms with E-state index in [4.69, 9.17) is 23.2 Å². The quantitative estimate of drug-likeness (QED) is 0.789. The summed E-state index contributed by atoms with van der Waals surface area (Å²) < 4.78 is 1.76. The highest BCUT2D eigenvalue weighted by molar-refractivity contribution is 6.30. The summed E-state index contributed by atoms with van der Waals surface area (Å²) in [5.41, 5.74) is 1.92. The van der Waals surface area contributed by atoms with Gasteiger partial charge < -0.3 is 0 Å². The second kappa shape index (κ2) is 4.85. The average Bonchev–Trinajstić information content (AvgIpc) is 2.70. The molecule has 0 saturated carbocycles. The van der Waals surface area contributed by atoms with E-state index in [1.54, 1.807) is 4.68 Å². The van der Waals surface area contributed by atoms with E-state index in [1.807, 2.05) is 37.4 Å². The first-order valence-corrected chi connectivity index (χ1v) is 5.75. The third kappa shape index (κ3) is 2.74. The van der Waals surface area contributed by atoms with Gasteiger partial charge in [-0.15, -0.1) is 16.7 Å². The Balaban J connectivity index is 2.11. The van der Waals surface area contributed by atoms with Crippen molar-refractivity contribution in [2.75, 3.05) is 0 Å². The third-order valence-corrected chi connectivity index (χ3v) is 2.70. The lowest BCUT2D eigenvalue weighted by molar-refractivity contribution is 0.649. The predicted molar refractivity (Wildman–Crippen MR) is 64.8 cm³/mol. The normalized spacial score (nSPS) is 12.7. The van der Waals surface area contributed by atoms with Gasteiger partial charge in [-0.05, 0) is 24.6 Å². The number of alkyl halides is 1. The van der Waals surface area contributed by atoms with Gasteiger partial charge in [-0.25, -0.2) is 4.68 Å². The van der Waals surface area contributed by atoms with Crippen LogP contribution in [-0.4, -0.2) is 15.0 Å². The lowest BCUT2D eigenvalue weighted by Crippen LogP contribution is -1.99. The molecule has 1 atom stereocenters. The van der Waals surface area contributed by atoms with E-state index in [2.05, 4.69) is 10.3 Å². The van der Waals surface area contributed by atoms with Crippen LogP contribution in [0.5, 0.6) is 0 Å². The number of benzene rings is 1. The van der Waals surface area contributed by atoms with Gasteiger partial charge in [-0.3, -0.25) is 0 Å². The Hall–Kier alpha value is -1.06. The van der Waals surface area contributed by atoms with Gasteiger partial charge in [-0.1, -0.05) is 28.9 Å². The molecule has 2 aromatic rings. The molecule has 0 N–H and O–H groups in total. The van der Waals surface area contributed by atoms with Gasteiger partial charge in [0.05, 0.1) is 18.1 Å². The molecule has 0 aliphatic heterocycles. The fourth-order valence-corrected chi connectivity index (χ4v) is 1.58. The standard InChI is InChI=1S/C11H11Cl2N3/c1-8(12)11-7-16(15-14-11)6-9-2-4-10(13)5-3-9/h2-5,7-8H,6H2,1H3. The Bertz CT molecular complexity index is 462. The van der Waals surface area contributed by atoms with Crippen LogP contribution < -0.4 is 0 Å². The Morgan fingerprint density at radius 3 is 2.56 bits per heavy atom. The minimum atomic E-state index is -0.112. The van der Waals surface area contributed by atoms with Crippen molar-refractivity contribution in [3.8, 4) is 0 Å². The van der Waals surface area contributed by atoms with Crippen molar-refractivity contribution in [3.05, 3.63) is 46.7 Å². The zero-order chi connectivity index (χ0) is 11.5. The summed E-state index contributed by atoms with van der Waals surface area (Å²) in [6.07, 6.45) is 1.85. The zero-order valence-corrected chi connectivity index (χ0v) is 10.3. The molecule has 1 aromatic heterocycles. The molecule has 0 radical (unpaired) electrons. The second-order valence-corrected chi connectivity index (χ2v) is 4.67. The summed E-state index contributed by atoms with van der Waals surface area (Å²) in [5, 5.41) is 8.61. The lowest BCUT2D eigenvalue weighted by atomic mass is 10.2. The summed E-state index contributed by atoms with van der Waals surface area (Å²) in [4.78, 5) is 0. The Labute approximate surface area is 104 Å². The maximum absolute atomic E-state index is 5.91. The number of nitrogens with zero attached hydrogens (tertiary/aromatic N) is 3. The van der Waals surface area contributed by atoms with Crippen molar-refractivity contribution < 1.29 is 0 Å². The highest BCUT2D eigenvalue weighted by Gasteiger charge is 2.06. The first-order chi connectivity index (χ1) is 7.65. The summed E-state index contributed by atoms with van der Waals surface area (Å²) >= 11 is 11.7. The molecular weight excluding hydrogens is 245 g/mol. The first-order valence-electron chi connectivity index (χ1n) is 4.93. The maximum Gasteiger partial charge on any atom is 0.100 e. The monoisotopic (exact) mass is 255 g/mol. The van der Waals surface area contributed by atoms with Crippen molar-refractivity contribution in [1.29, 1.82) is 0 Å². The van der Waals surface area contributed by atoms with E-state index in [0.29, 0.717) is 6.54 Å². The predicted octanol–water partition coefficient (Wildman–Crippen LogP) is 3.28. The van der Waals surface area contributed by atoms with Crippen LogP contribution in [0.25, 0.3) is 0 Å². The molecule has 2 rings (SSSR count). The Morgan fingerprint density at radius 1 is 1.31 bits per heavy atom. The molecule has 0 amide bonds. The number of hydrogen-bond donors (Lipinski definition) is 0. The Kier molecular flexibility index (Phi) is 3.46. The van der Waals surface area contributed by atoms with Gasteiger partial charge in [-0.2, -0.15) is 0 Å². The van der Waals surface area contributed by atoms with Gasteiger partial charge in [0.2, 0.25) is 0 Å². The molecule has 0 aliphatic rings. The van der Waals surface area contributed by atoms with E-state index in [9.17, 15) is 0 Å². The molecule has 5 heteroatoms. The molecule has 1 unspecified atom stereocenters. The molecule has 0 saturated heterocycles. The number of aromatic nitrogens is 3. The topological polar surface area (TPSA) is 30.7 Å². The van der Waals surface area contributed by atoms with Crippen molar-refractivity contribution in [2.45, 2.75) is 18.8 Å². The first kappa shape index (κ1) is 11.4. The molecule has 16 heavy (non-hydrogen) atoms. The van der Waals surface area contributed by atoms with Crippen LogP contribution in [0.3, 0.4) is 0 Å². The van der Waals surface area contributed by atoms with Gasteiger partial charge in [0.25, 0.3) is 0 Å². The van der Waals surface area contributed by atoms with Crippen molar-refractivity contribution in [2.24, 2.45) is 0 Å². The SMILES string of the molecule is CC(Cl)c1cn(Cc2ccc(Cl)cc2)nn1. The van der Waals surface area contributed by atoms with E-state index in [1.165, 1.54) is 0 Å². The number of rotatable bonds is 3. The zero-order valence-electron chi connectivity index (χ0n) is 8.77. The summed E-state index contributed by atoms with van der Waals surface area (Å²) in [5.74, 6) is 0. The van der Waals surface area contributed by atoms with Gasteiger partial charge in [0.1, 0.15) is 5.69 Å². The van der Waals surface area contributed by atoms with Crippen LogP contribution in [0.1, 0.15) is 23.6 Å². The van der Waals surface area contributed by atoms with Crippen LogP contribution in [0.4, 0.5) is 0 Å². The molecule has 1 aromatic carbocycles. The molecule has 0 bridgehead atoms. The largest absolute Gasteiger partial charge is 0.248 e. The van der Waals surface area contributed by atoms with E-state index in [0.717, 1.165) is 16.3 Å². The van der Waals surface area contributed by atoms with E-state index >= 15 is 0 Å². The van der Waals surface area contributed by atoms with Crippen LogP contribution in [0.2, 0.25) is 5.02 Å². The number of halogens is 2. The second-order valence-electron chi connectivity index (χ2n) is 3.58. The third-order valence-electron chi connectivity index (χ3n) is 2.22. The van der Waals surface area contributed by atoms with E-state index < -0.39 is 0 Å². The summed E-state index contributed by atoms with van der Waals surface area (Å²) in [6, 6.07) is 7.65. The molecule has 0 spiro atoms. The maximum atomic E-state index is 5.91. The van der Waals surface area contributed by atoms with Gasteiger partial charge in [0.15, 0.2) is 0 Å². The smallest absolute Gasteiger partial charge is 0.100 e. The minimum absolute atomic E-state index is 0.112. The average molecular weight is 256 g/mol. The molecular formula is C11H11Cl2N3. The molecule has 1 heterocycles. The fraction of sp³-hybridized carbons (Fsp3) is 0.273. The van der Waals surface area contributed by atoms with Gasteiger partial charge >= 0.3 is 0 Å². The molecule has 0 aliphatic carbocycles. The number of hydrogen-bond acceptors (Lipinski definition) is 2. The molecule has 0 fully saturated rings. The van der Waals surface area contributed by atoms with Crippen molar-refractivity contribution in [3.63, 3.8) is 0 Å². The van der Waals surface area contributed by atoms with Crippen LogP contribution in [0.15, 0.2) is 30.5 Å². The summed E-state index contributed by atoms with van der Waals surface area (Å²) in [6.45, 7) is 2.55. The fourth-order valence-electron chi connectivity index (χ4n) is 1.35. The van der Waals surface area contributed by atoms with Crippen molar-refractivity contribution >= 4 is 23.2 Å². The van der Waals surface area contributed by atoms with Crippen LogP contribution in [0, 0.1) is 0 Å². The Morgan fingerprint density at radius 2 is 2.00 bits per heavy atom. The molecule has 84 valence electrons. The highest BCUT2D eigenvalue weighted by atomic mass is 35.5. The van der Waals surface area contributed by atoms with Crippen LogP contribution in [-0.2, 0) is 6.54 Å².